The summed E-state index contributed by atoms with van der Waals surface area (Å²) in [4.78, 5) is 14.1. The summed E-state index contributed by atoms with van der Waals surface area (Å²) >= 11 is 1.72. The van der Waals surface area contributed by atoms with Crippen LogP contribution in [0.1, 0.15) is 39.7 Å². The number of benzene rings is 2. The first kappa shape index (κ1) is 17.8. The standard InChI is InChI=1S/C23H23NO2S/c1-16-7-12-20-21(15-27-22(20)13-16)23(25)24-18-8-10-19(11-9-18)26-14-17-5-3-2-4-6-17/h2-6,8-11,15-16H,7,12-14H2,1H3,(H,24,25)/t16-/m1/s1. The van der Waals surface area contributed by atoms with Crippen molar-refractivity contribution in [1.82, 2.24) is 0 Å². The monoisotopic (exact) mass is 377 g/mol. The van der Waals surface area contributed by atoms with Crippen LogP contribution in [0.3, 0.4) is 0 Å². The molecule has 0 saturated carbocycles. The molecular formula is C23H23NO2S. The maximum absolute atomic E-state index is 12.7. The Morgan fingerprint density at radius 1 is 1.15 bits per heavy atom. The molecule has 138 valence electrons. The third-order valence-electron chi connectivity index (χ3n) is 5.01. The molecule has 0 aliphatic heterocycles. The van der Waals surface area contributed by atoms with Gasteiger partial charge in [0.25, 0.3) is 5.91 Å². The van der Waals surface area contributed by atoms with E-state index in [1.165, 1.54) is 10.4 Å². The number of hydrogen-bond donors (Lipinski definition) is 1. The molecule has 3 nitrogen and oxygen atoms in total. The lowest BCUT2D eigenvalue weighted by Crippen LogP contribution is -2.16. The van der Waals surface area contributed by atoms with E-state index in [1.54, 1.807) is 11.3 Å². The SMILES string of the molecule is C[C@@H]1CCc2c(C(=O)Nc3ccc(OCc4ccccc4)cc3)csc2C1. The molecule has 1 N–H and O–H groups in total. The molecule has 1 atom stereocenters. The highest BCUT2D eigenvalue weighted by molar-refractivity contribution is 7.10. The minimum atomic E-state index is -0.0139. The number of ether oxygens (including phenoxy) is 1. The summed E-state index contributed by atoms with van der Waals surface area (Å²) in [5.74, 6) is 1.49. The summed E-state index contributed by atoms with van der Waals surface area (Å²) in [5, 5.41) is 5.03. The van der Waals surface area contributed by atoms with Gasteiger partial charge < -0.3 is 10.1 Å². The van der Waals surface area contributed by atoms with Crippen LogP contribution in [0.25, 0.3) is 0 Å². The van der Waals surface area contributed by atoms with Crippen molar-refractivity contribution in [3.05, 3.63) is 81.5 Å². The predicted molar refractivity (Wildman–Crippen MR) is 111 cm³/mol. The summed E-state index contributed by atoms with van der Waals surface area (Å²) < 4.78 is 5.80. The van der Waals surface area contributed by atoms with Crippen LogP contribution < -0.4 is 10.1 Å². The van der Waals surface area contributed by atoms with Crippen molar-refractivity contribution in [1.29, 1.82) is 0 Å². The molecule has 4 heteroatoms. The van der Waals surface area contributed by atoms with Crippen LogP contribution in [0.4, 0.5) is 5.69 Å². The fourth-order valence-corrected chi connectivity index (χ4v) is 4.69. The van der Waals surface area contributed by atoms with Crippen molar-refractivity contribution in [2.45, 2.75) is 32.8 Å². The summed E-state index contributed by atoms with van der Waals surface area (Å²) in [6.45, 7) is 2.82. The lowest BCUT2D eigenvalue weighted by atomic mass is 9.88. The maximum Gasteiger partial charge on any atom is 0.256 e. The lowest BCUT2D eigenvalue weighted by molar-refractivity contribution is 0.102. The molecule has 0 fully saturated rings. The van der Waals surface area contributed by atoms with E-state index in [-0.39, 0.29) is 5.91 Å². The first-order valence-electron chi connectivity index (χ1n) is 9.36. The second-order valence-corrected chi connectivity index (χ2v) is 8.12. The largest absolute Gasteiger partial charge is 0.489 e. The van der Waals surface area contributed by atoms with Crippen LogP contribution in [0.2, 0.25) is 0 Å². The van der Waals surface area contributed by atoms with Gasteiger partial charge in [0.1, 0.15) is 12.4 Å². The normalized spacial score (nSPS) is 15.8. The van der Waals surface area contributed by atoms with Gasteiger partial charge in [0.2, 0.25) is 0 Å². The Kier molecular flexibility index (Phi) is 5.26. The predicted octanol–water partition coefficient (Wildman–Crippen LogP) is 5.70. The molecule has 2 aromatic carbocycles. The molecule has 1 aliphatic rings. The molecule has 0 unspecified atom stereocenters. The van der Waals surface area contributed by atoms with Gasteiger partial charge in [-0.05, 0) is 60.6 Å². The molecular weight excluding hydrogens is 354 g/mol. The Labute approximate surface area is 164 Å². The van der Waals surface area contributed by atoms with Gasteiger partial charge in [-0.15, -0.1) is 11.3 Å². The first-order chi connectivity index (χ1) is 13.2. The number of fused-ring (bicyclic) bond motifs is 1. The molecule has 3 aromatic rings. The summed E-state index contributed by atoms with van der Waals surface area (Å²) in [6, 6.07) is 17.6. The molecule has 0 radical (unpaired) electrons. The second-order valence-electron chi connectivity index (χ2n) is 7.15. The zero-order valence-electron chi connectivity index (χ0n) is 15.4. The van der Waals surface area contributed by atoms with Crippen LogP contribution in [-0.4, -0.2) is 5.91 Å². The lowest BCUT2D eigenvalue weighted by Gasteiger charge is -2.18. The first-order valence-corrected chi connectivity index (χ1v) is 10.2. The van der Waals surface area contributed by atoms with E-state index in [2.05, 4.69) is 12.2 Å². The maximum atomic E-state index is 12.7. The zero-order valence-corrected chi connectivity index (χ0v) is 16.2. The van der Waals surface area contributed by atoms with E-state index >= 15 is 0 Å². The Morgan fingerprint density at radius 2 is 1.93 bits per heavy atom. The molecule has 0 bridgehead atoms. The van der Waals surface area contributed by atoms with Gasteiger partial charge in [-0.1, -0.05) is 37.3 Å². The molecule has 27 heavy (non-hydrogen) atoms. The van der Waals surface area contributed by atoms with Crippen molar-refractivity contribution >= 4 is 22.9 Å². The van der Waals surface area contributed by atoms with Gasteiger partial charge in [-0.25, -0.2) is 0 Å². The Hall–Kier alpha value is -2.59. The molecule has 1 aromatic heterocycles. The van der Waals surface area contributed by atoms with Gasteiger partial charge >= 0.3 is 0 Å². The third kappa shape index (κ3) is 4.22. The van der Waals surface area contributed by atoms with Crippen molar-refractivity contribution in [2.24, 2.45) is 5.92 Å². The van der Waals surface area contributed by atoms with Gasteiger partial charge in [-0.2, -0.15) is 0 Å². The number of amides is 1. The number of nitrogens with one attached hydrogen (secondary N) is 1. The quantitative estimate of drug-likeness (QED) is 0.619. The molecule has 1 amide bonds. The van der Waals surface area contributed by atoms with E-state index in [0.29, 0.717) is 6.61 Å². The average Bonchev–Trinajstić information content (AvgIpc) is 3.11. The van der Waals surface area contributed by atoms with E-state index in [9.17, 15) is 4.79 Å². The number of rotatable bonds is 5. The van der Waals surface area contributed by atoms with Crippen molar-refractivity contribution in [2.75, 3.05) is 5.32 Å². The van der Waals surface area contributed by atoms with Crippen LogP contribution in [0.15, 0.2) is 60.0 Å². The molecule has 1 heterocycles. The Bertz CT molecular complexity index is 915. The van der Waals surface area contributed by atoms with Gasteiger partial charge in [0, 0.05) is 15.9 Å². The van der Waals surface area contributed by atoms with Crippen LogP contribution in [-0.2, 0) is 19.4 Å². The number of thiophene rings is 1. The zero-order chi connectivity index (χ0) is 18.6. The fraction of sp³-hybridized carbons (Fsp3) is 0.261. The van der Waals surface area contributed by atoms with Crippen molar-refractivity contribution < 1.29 is 9.53 Å². The van der Waals surface area contributed by atoms with Gasteiger partial charge in [0.15, 0.2) is 0 Å². The third-order valence-corrected chi connectivity index (χ3v) is 6.06. The summed E-state index contributed by atoms with van der Waals surface area (Å²) in [7, 11) is 0. The number of anilines is 1. The van der Waals surface area contributed by atoms with E-state index in [0.717, 1.165) is 47.7 Å². The molecule has 1 aliphatic carbocycles. The van der Waals surface area contributed by atoms with Crippen LogP contribution in [0, 0.1) is 5.92 Å². The van der Waals surface area contributed by atoms with Gasteiger partial charge in [-0.3, -0.25) is 4.79 Å². The minimum Gasteiger partial charge on any atom is -0.489 e. The smallest absolute Gasteiger partial charge is 0.256 e. The highest BCUT2D eigenvalue weighted by Crippen LogP contribution is 2.33. The van der Waals surface area contributed by atoms with Crippen molar-refractivity contribution in [3.8, 4) is 5.75 Å². The Morgan fingerprint density at radius 3 is 2.70 bits per heavy atom. The average molecular weight is 378 g/mol. The van der Waals surface area contributed by atoms with E-state index < -0.39 is 0 Å². The Balaban J connectivity index is 1.38. The van der Waals surface area contributed by atoms with Crippen LogP contribution >= 0.6 is 11.3 Å². The number of hydrogen-bond acceptors (Lipinski definition) is 3. The minimum absolute atomic E-state index is 0.0139. The van der Waals surface area contributed by atoms with Crippen molar-refractivity contribution in [3.63, 3.8) is 0 Å². The molecule has 4 rings (SSSR count). The number of carbonyl (C=O) groups is 1. The van der Waals surface area contributed by atoms with E-state index in [1.807, 2.05) is 60.0 Å². The second kappa shape index (κ2) is 7.97. The topological polar surface area (TPSA) is 38.3 Å². The molecule has 0 spiro atoms. The summed E-state index contributed by atoms with van der Waals surface area (Å²) in [6.07, 6.45) is 3.27. The highest BCUT2D eigenvalue weighted by atomic mass is 32.1. The molecule has 0 saturated heterocycles. The fourth-order valence-electron chi connectivity index (χ4n) is 3.44. The highest BCUT2D eigenvalue weighted by Gasteiger charge is 2.23. The van der Waals surface area contributed by atoms with Gasteiger partial charge in [0.05, 0.1) is 5.56 Å². The van der Waals surface area contributed by atoms with Crippen LogP contribution in [0.5, 0.6) is 5.75 Å². The summed E-state index contributed by atoms with van der Waals surface area (Å²) in [5.41, 5.74) is 4.01. The number of carbonyl (C=O) groups excluding carboxylic acids is 1. The van der Waals surface area contributed by atoms with E-state index in [4.69, 9.17) is 4.74 Å².